The number of ether oxygens (including phenoxy) is 1. The highest BCUT2D eigenvalue weighted by Gasteiger charge is 2.23. The van der Waals surface area contributed by atoms with Crippen LogP contribution in [0, 0.1) is 12.7 Å². The third-order valence-corrected chi connectivity index (χ3v) is 3.35. The highest BCUT2D eigenvalue weighted by molar-refractivity contribution is 5.96. The molecule has 0 saturated heterocycles. The number of hydrogen-bond donors (Lipinski definition) is 2. The summed E-state index contributed by atoms with van der Waals surface area (Å²) in [5.74, 6) is -1.62. The number of hydrogen-bond acceptors (Lipinski definition) is 3. The summed E-state index contributed by atoms with van der Waals surface area (Å²) in [4.78, 5) is 11.4. The van der Waals surface area contributed by atoms with E-state index in [1.165, 1.54) is 13.2 Å². The fourth-order valence-electron chi connectivity index (χ4n) is 2.35. The summed E-state index contributed by atoms with van der Waals surface area (Å²) in [6.07, 6.45) is 0.682. The van der Waals surface area contributed by atoms with Crippen molar-refractivity contribution in [2.75, 3.05) is 7.11 Å². The predicted octanol–water partition coefficient (Wildman–Crippen LogP) is 2.93. The molecule has 1 aromatic carbocycles. The van der Waals surface area contributed by atoms with Gasteiger partial charge in [-0.2, -0.15) is 5.10 Å². The predicted molar refractivity (Wildman–Crippen MR) is 75.8 cm³/mol. The monoisotopic (exact) mass is 292 g/mol. The van der Waals surface area contributed by atoms with E-state index in [-0.39, 0.29) is 23.4 Å². The molecule has 0 amide bonds. The molecular formula is C15H17FN2O3. The molecule has 0 aliphatic heterocycles. The van der Waals surface area contributed by atoms with Gasteiger partial charge in [-0.25, -0.2) is 9.18 Å². The second-order valence-electron chi connectivity index (χ2n) is 4.76. The van der Waals surface area contributed by atoms with Crippen molar-refractivity contribution < 1.29 is 19.0 Å². The standard InChI is InChI=1S/C15H17FN2O3/c1-4-9-5-10(7-21-3)13(11(16)6-9)14-12(15(19)20)8(2)17-18-14/h5-6H,4,7H2,1-3H3,(H,17,18)(H,19,20). The third kappa shape index (κ3) is 2.80. The fraction of sp³-hybridized carbons (Fsp3) is 0.333. The van der Waals surface area contributed by atoms with Crippen LogP contribution < -0.4 is 0 Å². The number of rotatable bonds is 5. The summed E-state index contributed by atoms with van der Waals surface area (Å²) in [7, 11) is 1.51. The van der Waals surface area contributed by atoms with Gasteiger partial charge >= 0.3 is 5.97 Å². The number of aromatic amines is 1. The lowest BCUT2D eigenvalue weighted by Gasteiger charge is -2.12. The topological polar surface area (TPSA) is 75.2 Å². The zero-order chi connectivity index (χ0) is 15.6. The minimum Gasteiger partial charge on any atom is -0.478 e. The number of carbonyl (C=O) groups is 1. The average molecular weight is 292 g/mol. The maximum absolute atomic E-state index is 14.5. The Labute approximate surface area is 121 Å². The summed E-state index contributed by atoms with van der Waals surface area (Å²) in [6, 6.07) is 3.24. The molecule has 0 unspecified atom stereocenters. The molecule has 21 heavy (non-hydrogen) atoms. The van der Waals surface area contributed by atoms with E-state index in [4.69, 9.17) is 4.74 Å². The van der Waals surface area contributed by atoms with Gasteiger partial charge in [-0.1, -0.05) is 13.0 Å². The first-order valence-electron chi connectivity index (χ1n) is 6.58. The lowest BCUT2D eigenvalue weighted by atomic mass is 9.97. The van der Waals surface area contributed by atoms with Crippen molar-refractivity contribution in [3.63, 3.8) is 0 Å². The quantitative estimate of drug-likeness (QED) is 0.888. The Morgan fingerprint density at radius 3 is 2.76 bits per heavy atom. The highest BCUT2D eigenvalue weighted by Crippen LogP contribution is 2.31. The summed E-state index contributed by atoms with van der Waals surface area (Å²) in [5.41, 5.74) is 2.10. The van der Waals surface area contributed by atoms with E-state index in [1.54, 1.807) is 6.92 Å². The van der Waals surface area contributed by atoms with Gasteiger partial charge in [0.1, 0.15) is 11.4 Å². The van der Waals surface area contributed by atoms with Gasteiger partial charge in [0.05, 0.1) is 18.0 Å². The Kier molecular flexibility index (Phi) is 4.37. The van der Waals surface area contributed by atoms with Crippen LogP contribution >= 0.6 is 0 Å². The van der Waals surface area contributed by atoms with E-state index in [0.717, 1.165) is 5.56 Å². The van der Waals surface area contributed by atoms with Gasteiger partial charge in [-0.15, -0.1) is 0 Å². The lowest BCUT2D eigenvalue weighted by molar-refractivity contribution is 0.0697. The maximum atomic E-state index is 14.5. The molecule has 0 saturated carbocycles. The number of methoxy groups -OCH3 is 1. The number of aryl methyl sites for hydroxylation is 2. The van der Waals surface area contributed by atoms with Crippen LogP contribution in [-0.4, -0.2) is 28.4 Å². The largest absolute Gasteiger partial charge is 0.478 e. The van der Waals surface area contributed by atoms with Crippen LogP contribution in [0.3, 0.4) is 0 Å². The zero-order valence-electron chi connectivity index (χ0n) is 12.2. The Morgan fingerprint density at radius 1 is 1.48 bits per heavy atom. The number of benzene rings is 1. The van der Waals surface area contributed by atoms with Crippen molar-refractivity contribution in [2.24, 2.45) is 0 Å². The van der Waals surface area contributed by atoms with Gasteiger partial charge in [0.15, 0.2) is 0 Å². The lowest BCUT2D eigenvalue weighted by Crippen LogP contribution is -2.04. The molecule has 0 bridgehead atoms. The fourth-order valence-corrected chi connectivity index (χ4v) is 2.35. The minimum atomic E-state index is -1.14. The molecule has 0 atom stereocenters. The first kappa shape index (κ1) is 15.2. The van der Waals surface area contributed by atoms with Crippen LogP contribution in [-0.2, 0) is 17.8 Å². The van der Waals surface area contributed by atoms with Crippen LogP contribution in [0.4, 0.5) is 4.39 Å². The molecule has 2 rings (SSSR count). The van der Waals surface area contributed by atoms with Crippen molar-refractivity contribution in [3.05, 3.63) is 40.3 Å². The van der Waals surface area contributed by atoms with Crippen molar-refractivity contribution in [2.45, 2.75) is 26.9 Å². The van der Waals surface area contributed by atoms with E-state index in [0.29, 0.717) is 17.7 Å². The van der Waals surface area contributed by atoms with Crippen molar-refractivity contribution >= 4 is 5.97 Å². The van der Waals surface area contributed by atoms with Crippen LogP contribution in [0.1, 0.15) is 34.1 Å². The van der Waals surface area contributed by atoms with Crippen molar-refractivity contribution in [1.29, 1.82) is 0 Å². The molecule has 112 valence electrons. The molecule has 6 heteroatoms. The average Bonchev–Trinajstić information content (AvgIpc) is 2.80. The van der Waals surface area contributed by atoms with Gasteiger partial charge in [0.2, 0.25) is 0 Å². The molecule has 2 N–H and O–H groups in total. The van der Waals surface area contributed by atoms with E-state index in [9.17, 15) is 14.3 Å². The Balaban J connectivity index is 2.71. The Morgan fingerprint density at radius 2 is 2.19 bits per heavy atom. The number of halogens is 1. The van der Waals surface area contributed by atoms with Gasteiger partial charge < -0.3 is 9.84 Å². The van der Waals surface area contributed by atoms with Crippen LogP contribution in [0.2, 0.25) is 0 Å². The molecule has 5 nitrogen and oxygen atoms in total. The van der Waals surface area contributed by atoms with Gasteiger partial charge in [-0.3, -0.25) is 5.10 Å². The van der Waals surface area contributed by atoms with Gasteiger partial charge in [0, 0.05) is 12.7 Å². The molecule has 1 heterocycles. The van der Waals surface area contributed by atoms with E-state index in [2.05, 4.69) is 10.2 Å². The third-order valence-electron chi connectivity index (χ3n) is 3.35. The number of carboxylic acids is 1. The van der Waals surface area contributed by atoms with Crippen LogP contribution in [0.15, 0.2) is 12.1 Å². The molecule has 2 aromatic rings. The number of aromatic nitrogens is 2. The van der Waals surface area contributed by atoms with Crippen LogP contribution in [0.5, 0.6) is 0 Å². The van der Waals surface area contributed by atoms with Crippen molar-refractivity contribution in [3.8, 4) is 11.3 Å². The number of carboxylic acid groups (broad SMARTS) is 1. The number of nitrogens with zero attached hydrogens (tertiary/aromatic N) is 1. The van der Waals surface area contributed by atoms with Gasteiger partial charge in [0.25, 0.3) is 0 Å². The van der Waals surface area contributed by atoms with Gasteiger partial charge in [-0.05, 0) is 30.5 Å². The van der Waals surface area contributed by atoms with Crippen LogP contribution in [0.25, 0.3) is 11.3 Å². The Hall–Kier alpha value is -2.21. The SMILES string of the molecule is CCc1cc(F)c(-c2[nH]nc(C)c2C(=O)O)c(COC)c1. The second-order valence-corrected chi connectivity index (χ2v) is 4.76. The number of nitrogens with one attached hydrogen (secondary N) is 1. The Bertz CT molecular complexity index is 680. The second kappa shape index (κ2) is 6.05. The number of aromatic carboxylic acids is 1. The molecule has 0 spiro atoms. The first-order valence-corrected chi connectivity index (χ1v) is 6.58. The van der Waals surface area contributed by atoms with E-state index in [1.807, 2.05) is 13.0 Å². The molecule has 1 aromatic heterocycles. The smallest absolute Gasteiger partial charge is 0.339 e. The highest BCUT2D eigenvalue weighted by atomic mass is 19.1. The van der Waals surface area contributed by atoms with E-state index < -0.39 is 11.8 Å². The molecule has 0 fully saturated rings. The number of H-pyrrole nitrogens is 1. The maximum Gasteiger partial charge on any atom is 0.339 e. The molecule has 0 radical (unpaired) electrons. The molecule has 0 aliphatic rings. The van der Waals surface area contributed by atoms with Crippen molar-refractivity contribution in [1.82, 2.24) is 10.2 Å². The summed E-state index contributed by atoms with van der Waals surface area (Å²) in [6.45, 7) is 3.68. The zero-order valence-corrected chi connectivity index (χ0v) is 12.2. The molecule has 0 aliphatic carbocycles. The minimum absolute atomic E-state index is 0.0181. The molecular weight excluding hydrogens is 275 g/mol. The first-order chi connectivity index (χ1) is 9.99. The summed E-state index contributed by atoms with van der Waals surface area (Å²) in [5, 5.41) is 15.8. The normalized spacial score (nSPS) is 10.9. The summed E-state index contributed by atoms with van der Waals surface area (Å²) >= 11 is 0. The summed E-state index contributed by atoms with van der Waals surface area (Å²) < 4.78 is 19.6. The van der Waals surface area contributed by atoms with E-state index >= 15 is 0 Å².